The van der Waals surface area contributed by atoms with Crippen LogP contribution in [0.5, 0.6) is 0 Å². The summed E-state index contributed by atoms with van der Waals surface area (Å²) in [6, 6.07) is 5.83. The van der Waals surface area contributed by atoms with Crippen LogP contribution in [0.1, 0.15) is 5.56 Å². The number of aromatic nitrogens is 3. The van der Waals surface area contributed by atoms with Crippen molar-refractivity contribution in [3.8, 4) is 0 Å². The number of halogens is 3. The van der Waals surface area contributed by atoms with Gasteiger partial charge in [0.1, 0.15) is 34.4 Å². The SMILES string of the molecule is Fc1c(CCNc2cc(Cl)ncn2)cc(F)c2ncccc12. The Morgan fingerprint density at radius 1 is 1.14 bits per heavy atom. The number of hydrogen-bond donors (Lipinski definition) is 1. The summed E-state index contributed by atoms with van der Waals surface area (Å²) in [5.74, 6) is -0.451. The molecule has 3 rings (SSSR count). The number of pyridine rings is 1. The Hall–Kier alpha value is -2.34. The molecule has 2 aromatic heterocycles. The van der Waals surface area contributed by atoms with Crippen molar-refractivity contribution in [3.05, 3.63) is 59.1 Å². The molecular weight excluding hydrogens is 310 g/mol. The zero-order chi connectivity index (χ0) is 15.5. The summed E-state index contributed by atoms with van der Waals surface area (Å²) in [5, 5.41) is 3.48. The van der Waals surface area contributed by atoms with E-state index in [9.17, 15) is 8.78 Å². The minimum Gasteiger partial charge on any atom is -0.370 e. The van der Waals surface area contributed by atoms with Crippen LogP contribution in [-0.4, -0.2) is 21.5 Å². The molecule has 0 amide bonds. The van der Waals surface area contributed by atoms with Crippen LogP contribution in [0.15, 0.2) is 36.8 Å². The van der Waals surface area contributed by atoms with Crippen molar-refractivity contribution in [3.63, 3.8) is 0 Å². The molecule has 112 valence electrons. The van der Waals surface area contributed by atoms with Gasteiger partial charge in [0.15, 0.2) is 0 Å². The van der Waals surface area contributed by atoms with E-state index in [1.807, 2.05) is 0 Å². The zero-order valence-corrected chi connectivity index (χ0v) is 12.1. The molecule has 1 N–H and O–H groups in total. The molecule has 0 radical (unpaired) electrons. The van der Waals surface area contributed by atoms with E-state index in [0.29, 0.717) is 23.9 Å². The molecule has 0 spiro atoms. The fraction of sp³-hybridized carbons (Fsp3) is 0.133. The molecule has 0 atom stereocenters. The average molecular weight is 321 g/mol. The van der Waals surface area contributed by atoms with Gasteiger partial charge in [-0.3, -0.25) is 4.98 Å². The highest BCUT2D eigenvalue weighted by Gasteiger charge is 2.12. The van der Waals surface area contributed by atoms with Gasteiger partial charge in [-0.25, -0.2) is 18.7 Å². The molecule has 0 aliphatic carbocycles. The van der Waals surface area contributed by atoms with Gasteiger partial charge in [-0.05, 0) is 30.2 Å². The molecule has 3 aromatic rings. The number of benzene rings is 1. The van der Waals surface area contributed by atoms with E-state index < -0.39 is 11.6 Å². The Morgan fingerprint density at radius 2 is 2.00 bits per heavy atom. The van der Waals surface area contributed by atoms with Crippen molar-refractivity contribution < 1.29 is 8.78 Å². The van der Waals surface area contributed by atoms with Gasteiger partial charge in [-0.15, -0.1) is 0 Å². The molecular formula is C15H11ClF2N4. The van der Waals surface area contributed by atoms with Gasteiger partial charge in [-0.2, -0.15) is 0 Å². The van der Waals surface area contributed by atoms with Crippen molar-refractivity contribution in [1.29, 1.82) is 0 Å². The first-order chi connectivity index (χ1) is 10.6. The molecule has 0 saturated carbocycles. The van der Waals surface area contributed by atoms with Crippen LogP contribution in [0, 0.1) is 11.6 Å². The number of nitrogens with zero attached hydrogens (tertiary/aromatic N) is 3. The van der Waals surface area contributed by atoms with Gasteiger partial charge in [0.2, 0.25) is 0 Å². The van der Waals surface area contributed by atoms with Crippen molar-refractivity contribution in [2.75, 3.05) is 11.9 Å². The van der Waals surface area contributed by atoms with E-state index in [1.165, 1.54) is 24.7 Å². The van der Waals surface area contributed by atoms with Crippen LogP contribution >= 0.6 is 11.6 Å². The zero-order valence-electron chi connectivity index (χ0n) is 11.4. The molecule has 7 heteroatoms. The average Bonchev–Trinajstić information content (AvgIpc) is 2.52. The highest BCUT2D eigenvalue weighted by Crippen LogP contribution is 2.23. The van der Waals surface area contributed by atoms with Crippen LogP contribution in [0.4, 0.5) is 14.6 Å². The lowest BCUT2D eigenvalue weighted by Crippen LogP contribution is -2.08. The summed E-state index contributed by atoms with van der Waals surface area (Å²) in [6.45, 7) is 0.384. The minimum atomic E-state index is -0.530. The predicted molar refractivity (Wildman–Crippen MR) is 80.9 cm³/mol. The maximum Gasteiger partial charge on any atom is 0.149 e. The maximum absolute atomic E-state index is 14.4. The summed E-state index contributed by atoms with van der Waals surface area (Å²) in [5.41, 5.74) is 0.324. The van der Waals surface area contributed by atoms with Gasteiger partial charge in [0, 0.05) is 24.2 Å². The van der Waals surface area contributed by atoms with Crippen molar-refractivity contribution >= 4 is 28.3 Å². The number of hydrogen-bond acceptors (Lipinski definition) is 4. The van der Waals surface area contributed by atoms with Crippen LogP contribution in [-0.2, 0) is 6.42 Å². The number of anilines is 1. The third-order valence-corrected chi connectivity index (χ3v) is 3.39. The summed E-state index contributed by atoms with van der Waals surface area (Å²) >= 11 is 5.74. The molecule has 0 fully saturated rings. The molecule has 1 aromatic carbocycles. The van der Waals surface area contributed by atoms with E-state index in [2.05, 4.69) is 20.3 Å². The molecule has 4 nitrogen and oxygen atoms in total. The fourth-order valence-electron chi connectivity index (χ4n) is 2.17. The van der Waals surface area contributed by atoms with Crippen molar-refractivity contribution in [1.82, 2.24) is 15.0 Å². The lowest BCUT2D eigenvalue weighted by molar-refractivity contribution is 0.601. The minimum absolute atomic E-state index is 0.0410. The first-order valence-electron chi connectivity index (χ1n) is 6.58. The first-order valence-corrected chi connectivity index (χ1v) is 6.96. The van der Waals surface area contributed by atoms with Gasteiger partial charge in [0.05, 0.1) is 0 Å². The van der Waals surface area contributed by atoms with Crippen LogP contribution in [0.25, 0.3) is 10.9 Å². The molecule has 0 aliphatic heterocycles. The first kappa shape index (κ1) is 14.6. The highest BCUT2D eigenvalue weighted by molar-refractivity contribution is 6.29. The molecule has 0 bridgehead atoms. The molecule has 0 unspecified atom stereocenters. The molecule has 2 heterocycles. The summed E-state index contributed by atoms with van der Waals surface area (Å²) in [7, 11) is 0. The van der Waals surface area contributed by atoms with Crippen molar-refractivity contribution in [2.45, 2.75) is 6.42 Å². The fourth-order valence-corrected chi connectivity index (χ4v) is 2.31. The van der Waals surface area contributed by atoms with E-state index in [-0.39, 0.29) is 16.5 Å². The molecule has 22 heavy (non-hydrogen) atoms. The lowest BCUT2D eigenvalue weighted by atomic mass is 10.1. The van der Waals surface area contributed by atoms with E-state index >= 15 is 0 Å². The Balaban J connectivity index is 1.78. The van der Waals surface area contributed by atoms with E-state index in [1.54, 1.807) is 12.1 Å². The van der Waals surface area contributed by atoms with Gasteiger partial charge in [0.25, 0.3) is 0 Å². The predicted octanol–water partition coefficient (Wildman–Crippen LogP) is 3.61. The monoisotopic (exact) mass is 320 g/mol. The quantitative estimate of drug-likeness (QED) is 0.746. The van der Waals surface area contributed by atoms with E-state index in [4.69, 9.17) is 11.6 Å². The Labute approximate surface area is 130 Å². The van der Waals surface area contributed by atoms with Crippen LogP contribution in [0.3, 0.4) is 0 Å². The third-order valence-electron chi connectivity index (χ3n) is 3.19. The Kier molecular flexibility index (Phi) is 4.11. The van der Waals surface area contributed by atoms with Gasteiger partial charge in [-0.1, -0.05) is 11.6 Å². The second-order valence-electron chi connectivity index (χ2n) is 4.63. The maximum atomic E-state index is 14.4. The molecule has 0 aliphatic rings. The van der Waals surface area contributed by atoms with Gasteiger partial charge < -0.3 is 5.32 Å². The summed E-state index contributed by atoms with van der Waals surface area (Å²) < 4.78 is 28.3. The lowest BCUT2D eigenvalue weighted by Gasteiger charge is -2.09. The van der Waals surface area contributed by atoms with Crippen LogP contribution in [0.2, 0.25) is 5.15 Å². The summed E-state index contributed by atoms with van der Waals surface area (Å²) in [6.07, 6.45) is 3.06. The second kappa shape index (κ2) is 6.19. The topological polar surface area (TPSA) is 50.7 Å². The third kappa shape index (κ3) is 2.96. The number of fused-ring (bicyclic) bond motifs is 1. The Bertz CT molecular complexity index is 826. The summed E-state index contributed by atoms with van der Waals surface area (Å²) in [4.78, 5) is 11.6. The smallest absolute Gasteiger partial charge is 0.149 e. The standard InChI is InChI=1S/C15H11ClF2N4/c16-12-7-13(22-8-21-12)19-5-3-9-6-11(17)15-10(14(9)18)2-1-4-20-15/h1-2,4,6-8H,3,5H2,(H,19,21,22). The number of nitrogens with one attached hydrogen (secondary N) is 1. The van der Waals surface area contributed by atoms with Gasteiger partial charge >= 0.3 is 0 Å². The molecule has 0 saturated heterocycles. The normalized spacial score (nSPS) is 10.9. The van der Waals surface area contributed by atoms with E-state index in [0.717, 1.165) is 0 Å². The second-order valence-corrected chi connectivity index (χ2v) is 5.02. The number of rotatable bonds is 4. The highest BCUT2D eigenvalue weighted by atomic mass is 35.5. The largest absolute Gasteiger partial charge is 0.370 e. The van der Waals surface area contributed by atoms with Crippen LogP contribution < -0.4 is 5.32 Å². The Morgan fingerprint density at radius 3 is 2.82 bits per heavy atom. The van der Waals surface area contributed by atoms with Crippen molar-refractivity contribution in [2.24, 2.45) is 0 Å².